The molecule has 1 aliphatic heterocycles. The Morgan fingerprint density at radius 1 is 1.40 bits per heavy atom. The van der Waals surface area contributed by atoms with Gasteiger partial charge in [0.25, 0.3) is 0 Å². The number of anilines is 1. The number of hydrogen-bond acceptors (Lipinski definition) is 4. The van der Waals surface area contributed by atoms with E-state index in [2.05, 4.69) is 22.3 Å². The summed E-state index contributed by atoms with van der Waals surface area (Å²) in [6, 6.07) is 0.185. The van der Waals surface area contributed by atoms with Gasteiger partial charge in [-0.3, -0.25) is 14.8 Å². The van der Waals surface area contributed by atoms with Gasteiger partial charge in [-0.25, -0.2) is 9.78 Å². The highest BCUT2D eigenvalue weighted by Crippen LogP contribution is 2.29. The standard InChI is InChI=1S/C17H28N6O2/c1-3-8-22-12-18-16(20-22)19-17(25)21(2)10-13-9-15(24)23(11-13)14-6-4-5-7-14/h12-14H,3-11H2,1-2H3,(H,19,20,25). The van der Waals surface area contributed by atoms with Crippen molar-refractivity contribution in [1.82, 2.24) is 24.6 Å². The lowest BCUT2D eigenvalue weighted by Crippen LogP contribution is -2.38. The third-order valence-corrected chi connectivity index (χ3v) is 5.09. The molecule has 1 unspecified atom stereocenters. The van der Waals surface area contributed by atoms with Crippen LogP contribution in [-0.2, 0) is 11.3 Å². The fourth-order valence-corrected chi connectivity index (χ4v) is 3.85. The maximum atomic E-state index is 12.3. The topological polar surface area (TPSA) is 83.4 Å². The Bertz CT molecular complexity index is 610. The van der Waals surface area contributed by atoms with Crippen LogP contribution in [0.1, 0.15) is 45.4 Å². The van der Waals surface area contributed by atoms with Crippen LogP contribution in [0.25, 0.3) is 0 Å². The van der Waals surface area contributed by atoms with Crippen molar-refractivity contribution in [2.45, 2.75) is 58.0 Å². The summed E-state index contributed by atoms with van der Waals surface area (Å²) in [4.78, 5) is 32.3. The number of aryl methyl sites for hydroxylation is 1. The summed E-state index contributed by atoms with van der Waals surface area (Å²) in [5, 5.41) is 6.93. The molecule has 8 heteroatoms. The summed E-state index contributed by atoms with van der Waals surface area (Å²) >= 11 is 0. The minimum atomic E-state index is -0.235. The lowest BCUT2D eigenvalue weighted by molar-refractivity contribution is -0.129. The second kappa shape index (κ2) is 7.84. The lowest BCUT2D eigenvalue weighted by Gasteiger charge is -2.25. The number of hydrogen-bond donors (Lipinski definition) is 1. The highest BCUT2D eigenvalue weighted by Gasteiger charge is 2.36. The zero-order valence-electron chi connectivity index (χ0n) is 15.1. The molecule has 138 valence electrons. The molecule has 1 aromatic rings. The van der Waals surface area contributed by atoms with E-state index >= 15 is 0 Å². The first-order chi connectivity index (χ1) is 12.1. The van der Waals surface area contributed by atoms with Gasteiger partial charge < -0.3 is 9.80 Å². The smallest absolute Gasteiger partial charge is 0.324 e. The predicted octanol–water partition coefficient (Wildman–Crippen LogP) is 1.94. The first-order valence-electron chi connectivity index (χ1n) is 9.28. The van der Waals surface area contributed by atoms with Crippen molar-refractivity contribution >= 4 is 17.9 Å². The number of nitrogens with zero attached hydrogens (tertiary/aromatic N) is 5. The molecule has 8 nitrogen and oxygen atoms in total. The van der Waals surface area contributed by atoms with Crippen LogP contribution in [0.4, 0.5) is 10.7 Å². The van der Waals surface area contributed by atoms with Crippen molar-refractivity contribution in [2.75, 3.05) is 25.5 Å². The fraction of sp³-hybridized carbons (Fsp3) is 0.765. The zero-order chi connectivity index (χ0) is 17.8. The number of carbonyl (C=O) groups excluding carboxylic acids is 2. The van der Waals surface area contributed by atoms with Crippen LogP contribution in [0.5, 0.6) is 0 Å². The molecule has 0 spiro atoms. The molecule has 0 bridgehead atoms. The van der Waals surface area contributed by atoms with E-state index < -0.39 is 0 Å². The van der Waals surface area contributed by atoms with Crippen molar-refractivity contribution in [3.63, 3.8) is 0 Å². The van der Waals surface area contributed by atoms with Gasteiger partial charge in [-0.05, 0) is 19.3 Å². The summed E-state index contributed by atoms with van der Waals surface area (Å²) in [6.07, 6.45) is 7.82. The van der Waals surface area contributed by atoms with Gasteiger partial charge in [0, 0.05) is 45.1 Å². The Balaban J connectivity index is 1.48. The quantitative estimate of drug-likeness (QED) is 0.851. The zero-order valence-corrected chi connectivity index (χ0v) is 15.1. The molecule has 1 atom stereocenters. The van der Waals surface area contributed by atoms with E-state index in [4.69, 9.17) is 0 Å². The Morgan fingerprint density at radius 3 is 2.88 bits per heavy atom. The summed E-state index contributed by atoms with van der Waals surface area (Å²) in [7, 11) is 1.75. The number of aromatic nitrogens is 3. The van der Waals surface area contributed by atoms with Crippen LogP contribution in [0.2, 0.25) is 0 Å². The minimum Gasteiger partial charge on any atom is -0.339 e. The maximum absolute atomic E-state index is 12.3. The molecule has 3 amide bonds. The molecule has 1 aromatic heterocycles. The average molecular weight is 348 g/mol. The molecule has 1 saturated heterocycles. The fourth-order valence-electron chi connectivity index (χ4n) is 3.85. The molecule has 0 aromatic carbocycles. The molecule has 25 heavy (non-hydrogen) atoms. The molecule has 1 aliphatic carbocycles. The van der Waals surface area contributed by atoms with Crippen molar-refractivity contribution in [3.05, 3.63) is 6.33 Å². The van der Waals surface area contributed by atoms with Crippen molar-refractivity contribution < 1.29 is 9.59 Å². The van der Waals surface area contributed by atoms with E-state index in [1.54, 1.807) is 23.0 Å². The van der Waals surface area contributed by atoms with Gasteiger partial charge in [0.1, 0.15) is 6.33 Å². The molecular formula is C17H28N6O2. The van der Waals surface area contributed by atoms with E-state index in [9.17, 15) is 9.59 Å². The summed E-state index contributed by atoms with van der Waals surface area (Å²) in [5.41, 5.74) is 0. The lowest BCUT2D eigenvalue weighted by atomic mass is 10.1. The molecule has 2 heterocycles. The number of nitrogens with one attached hydrogen (secondary N) is 1. The maximum Gasteiger partial charge on any atom is 0.324 e. The molecule has 0 radical (unpaired) electrons. The molecule has 2 fully saturated rings. The molecule has 3 rings (SSSR count). The van der Waals surface area contributed by atoms with E-state index in [1.807, 2.05) is 4.90 Å². The normalized spacial score (nSPS) is 21.1. The van der Waals surface area contributed by atoms with Crippen LogP contribution in [0, 0.1) is 5.92 Å². The predicted molar refractivity (Wildman–Crippen MR) is 94.0 cm³/mol. The number of urea groups is 1. The molecule has 2 aliphatic rings. The first-order valence-corrected chi connectivity index (χ1v) is 9.28. The monoisotopic (exact) mass is 348 g/mol. The number of carbonyl (C=O) groups is 2. The van der Waals surface area contributed by atoms with Crippen LogP contribution < -0.4 is 5.32 Å². The largest absolute Gasteiger partial charge is 0.339 e. The Morgan fingerprint density at radius 2 is 2.16 bits per heavy atom. The minimum absolute atomic E-state index is 0.203. The molecule has 1 saturated carbocycles. The van der Waals surface area contributed by atoms with Gasteiger partial charge >= 0.3 is 6.03 Å². The second-order valence-corrected chi connectivity index (χ2v) is 7.20. The summed E-state index contributed by atoms with van der Waals surface area (Å²) in [6.45, 7) is 4.17. The molecule has 1 N–H and O–H groups in total. The van der Waals surface area contributed by atoms with Gasteiger partial charge in [0.05, 0.1) is 0 Å². The Labute approximate surface area is 148 Å². The Kier molecular flexibility index (Phi) is 5.55. The van der Waals surface area contributed by atoms with Crippen molar-refractivity contribution in [1.29, 1.82) is 0 Å². The SMILES string of the molecule is CCCn1cnc(NC(=O)N(C)CC2CC(=O)N(C3CCCC3)C2)n1. The Hall–Kier alpha value is -2.12. The van der Waals surface area contributed by atoms with Crippen LogP contribution in [-0.4, -0.2) is 62.7 Å². The number of likely N-dealkylation sites (tertiary alicyclic amines) is 1. The molecular weight excluding hydrogens is 320 g/mol. The van der Waals surface area contributed by atoms with Gasteiger partial charge in [0.15, 0.2) is 0 Å². The first kappa shape index (κ1) is 17.7. The summed E-state index contributed by atoms with van der Waals surface area (Å²) < 4.78 is 1.71. The van der Waals surface area contributed by atoms with E-state index in [0.717, 1.165) is 32.4 Å². The van der Waals surface area contributed by atoms with Gasteiger partial charge in [-0.1, -0.05) is 19.8 Å². The van der Waals surface area contributed by atoms with E-state index in [-0.39, 0.29) is 17.9 Å². The summed E-state index contributed by atoms with van der Waals surface area (Å²) in [5.74, 6) is 0.764. The van der Waals surface area contributed by atoms with Crippen LogP contribution >= 0.6 is 0 Å². The third kappa shape index (κ3) is 4.29. The highest BCUT2D eigenvalue weighted by molar-refractivity contribution is 5.87. The number of rotatable bonds is 6. The van der Waals surface area contributed by atoms with Gasteiger partial charge in [0.2, 0.25) is 11.9 Å². The second-order valence-electron chi connectivity index (χ2n) is 7.20. The van der Waals surface area contributed by atoms with E-state index in [1.165, 1.54) is 12.8 Å². The van der Waals surface area contributed by atoms with Crippen molar-refractivity contribution in [2.24, 2.45) is 5.92 Å². The van der Waals surface area contributed by atoms with Crippen molar-refractivity contribution in [3.8, 4) is 0 Å². The van der Waals surface area contributed by atoms with Crippen LogP contribution in [0.3, 0.4) is 0 Å². The third-order valence-electron chi connectivity index (χ3n) is 5.09. The number of amides is 3. The van der Waals surface area contributed by atoms with Gasteiger partial charge in [-0.15, -0.1) is 5.10 Å². The highest BCUT2D eigenvalue weighted by atomic mass is 16.2. The van der Waals surface area contributed by atoms with E-state index in [0.29, 0.717) is 25.0 Å². The van der Waals surface area contributed by atoms with Gasteiger partial charge in [-0.2, -0.15) is 0 Å². The average Bonchev–Trinajstić information content (AvgIpc) is 3.29. The van der Waals surface area contributed by atoms with Crippen LogP contribution in [0.15, 0.2) is 6.33 Å².